The first-order valence-corrected chi connectivity index (χ1v) is 10.4. The lowest BCUT2D eigenvalue weighted by molar-refractivity contribution is 0.118. The van der Waals surface area contributed by atoms with Crippen LogP contribution in [0.3, 0.4) is 0 Å². The average Bonchev–Trinajstić information content (AvgIpc) is 3.30. The van der Waals surface area contributed by atoms with Crippen LogP contribution in [0.25, 0.3) is 10.8 Å². The lowest BCUT2D eigenvalue weighted by Crippen LogP contribution is -2.30. The predicted octanol–water partition coefficient (Wildman–Crippen LogP) is 7.38. The van der Waals surface area contributed by atoms with E-state index >= 15 is 0 Å². The zero-order chi connectivity index (χ0) is 18.9. The molecule has 0 heterocycles. The molecule has 4 unspecified atom stereocenters. The van der Waals surface area contributed by atoms with Crippen molar-refractivity contribution in [2.75, 3.05) is 0 Å². The third-order valence-electron chi connectivity index (χ3n) is 6.97. The number of phenols is 2. The maximum atomic E-state index is 9.38. The Bertz CT molecular complexity index is 708. The van der Waals surface area contributed by atoms with E-state index in [1.54, 1.807) is 68.5 Å². The van der Waals surface area contributed by atoms with Crippen LogP contribution in [0.2, 0.25) is 0 Å². The summed E-state index contributed by atoms with van der Waals surface area (Å²) in [7, 11) is 0. The molecule has 0 amide bonds. The van der Waals surface area contributed by atoms with Gasteiger partial charge in [-0.05, 0) is 66.9 Å². The number of hydrogen-bond acceptors (Lipinski definition) is 2. The van der Waals surface area contributed by atoms with E-state index in [0.29, 0.717) is 16.2 Å². The minimum Gasteiger partial charge on any atom is -0.507 e. The molecule has 0 aromatic heterocycles. The van der Waals surface area contributed by atoms with Gasteiger partial charge in [0.2, 0.25) is 0 Å². The standard InChI is InChI=1S/C12H20.C10H8O2.C2H6.CH4/c1-12(2)7-8-6-11(12)10-5-3-4-9(8)10;11-9-5-1-3-7-8(9)4-2-6-10(7)12;1-2;/h8-11H,3-7H2,1-2H3;1-6,11-12H;1-2H3;1H4. The van der Waals surface area contributed by atoms with Crippen molar-refractivity contribution in [3.63, 3.8) is 0 Å². The van der Waals surface area contributed by atoms with Crippen LogP contribution in [0.5, 0.6) is 11.5 Å². The zero-order valence-corrected chi connectivity index (χ0v) is 16.7. The maximum absolute atomic E-state index is 9.38. The Morgan fingerprint density at radius 2 is 1.37 bits per heavy atom. The van der Waals surface area contributed by atoms with Crippen LogP contribution >= 0.6 is 0 Å². The summed E-state index contributed by atoms with van der Waals surface area (Å²) in [5.41, 5.74) is 0.705. The molecule has 2 aromatic carbocycles. The van der Waals surface area contributed by atoms with E-state index in [-0.39, 0.29) is 18.9 Å². The SMILES string of the molecule is C.CC.CC1(C)CC2CC1C1CCCC21.Oc1cccc2c(O)cccc12. The van der Waals surface area contributed by atoms with Gasteiger partial charge in [-0.15, -0.1) is 0 Å². The molecule has 3 fully saturated rings. The van der Waals surface area contributed by atoms with Gasteiger partial charge in [0.05, 0.1) is 0 Å². The van der Waals surface area contributed by atoms with E-state index in [2.05, 4.69) is 13.8 Å². The van der Waals surface area contributed by atoms with Gasteiger partial charge in [0.1, 0.15) is 11.5 Å². The van der Waals surface area contributed by atoms with Crippen molar-refractivity contribution < 1.29 is 10.2 Å². The first-order valence-electron chi connectivity index (χ1n) is 10.4. The molecule has 0 radical (unpaired) electrons. The maximum Gasteiger partial charge on any atom is 0.123 e. The number of phenolic OH excluding ortho intramolecular Hbond substituents is 2. The number of rotatable bonds is 0. The Hall–Kier alpha value is -1.70. The molecular formula is C25H38O2. The fraction of sp³-hybridized carbons (Fsp3) is 0.600. The van der Waals surface area contributed by atoms with Crippen molar-refractivity contribution in [1.29, 1.82) is 0 Å². The highest BCUT2D eigenvalue weighted by Gasteiger charge is 2.56. The van der Waals surface area contributed by atoms with E-state index in [1.165, 1.54) is 5.92 Å². The van der Waals surface area contributed by atoms with E-state index in [4.69, 9.17) is 0 Å². The predicted molar refractivity (Wildman–Crippen MR) is 116 cm³/mol. The second-order valence-electron chi connectivity index (χ2n) is 8.70. The fourth-order valence-electron chi connectivity index (χ4n) is 6.02. The van der Waals surface area contributed by atoms with Crippen molar-refractivity contribution in [3.8, 4) is 11.5 Å². The summed E-state index contributed by atoms with van der Waals surface area (Å²) in [6.07, 6.45) is 7.80. The monoisotopic (exact) mass is 370 g/mol. The smallest absolute Gasteiger partial charge is 0.123 e. The average molecular weight is 371 g/mol. The molecule has 2 bridgehead atoms. The quantitative estimate of drug-likeness (QED) is 0.508. The van der Waals surface area contributed by atoms with Crippen molar-refractivity contribution >= 4 is 10.8 Å². The Labute approximate surface area is 165 Å². The van der Waals surface area contributed by atoms with Crippen molar-refractivity contribution in [1.82, 2.24) is 0 Å². The van der Waals surface area contributed by atoms with E-state index < -0.39 is 0 Å². The molecule has 2 N–H and O–H groups in total. The zero-order valence-electron chi connectivity index (χ0n) is 16.7. The van der Waals surface area contributed by atoms with Gasteiger partial charge < -0.3 is 10.2 Å². The molecule has 3 aliphatic rings. The molecule has 3 aliphatic carbocycles. The summed E-state index contributed by atoms with van der Waals surface area (Å²) >= 11 is 0. The van der Waals surface area contributed by atoms with Crippen LogP contribution in [0.1, 0.15) is 67.2 Å². The molecule has 4 atom stereocenters. The van der Waals surface area contributed by atoms with Gasteiger partial charge in [-0.25, -0.2) is 0 Å². The summed E-state index contributed by atoms with van der Waals surface area (Å²) in [4.78, 5) is 0. The van der Waals surface area contributed by atoms with Gasteiger partial charge in [-0.1, -0.05) is 65.8 Å². The van der Waals surface area contributed by atoms with Gasteiger partial charge in [-0.2, -0.15) is 0 Å². The minimum atomic E-state index is 0. The summed E-state index contributed by atoms with van der Waals surface area (Å²) in [5, 5.41) is 20.1. The van der Waals surface area contributed by atoms with Crippen LogP contribution in [-0.4, -0.2) is 10.2 Å². The third-order valence-corrected chi connectivity index (χ3v) is 6.97. The van der Waals surface area contributed by atoms with Gasteiger partial charge in [-0.3, -0.25) is 0 Å². The number of benzene rings is 2. The summed E-state index contributed by atoms with van der Waals surface area (Å²) in [6.45, 7) is 9.01. The Morgan fingerprint density at radius 3 is 1.93 bits per heavy atom. The normalized spacial score (nSPS) is 29.0. The molecule has 0 saturated heterocycles. The van der Waals surface area contributed by atoms with Crippen molar-refractivity contribution in [3.05, 3.63) is 36.4 Å². The second-order valence-corrected chi connectivity index (χ2v) is 8.70. The highest BCUT2D eigenvalue weighted by molar-refractivity contribution is 5.92. The van der Waals surface area contributed by atoms with Gasteiger partial charge in [0, 0.05) is 10.8 Å². The lowest BCUT2D eigenvalue weighted by Gasteiger charge is -2.37. The van der Waals surface area contributed by atoms with Crippen LogP contribution in [0, 0.1) is 29.1 Å². The van der Waals surface area contributed by atoms with Crippen molar-refractivity contribution in [2.45, 2.75) is 67.2 Å². The van der Waals surface area contributed by atoms with Gasteiger partial charge in [0.25, 0.3) is 0 Å². The lowest BCUT2D eigenvalue weighted by atomic mass is 9.68. The molecule has 2 nitrogen and oxygen atoms in total. The van der Waals surface area contributed by atoms with Crippen molar-refractivity contribution in [2.24, 2.45) is 29.1 Å². The Balaban J connectivity index is 0.000000172. The Kier molecular flexibility index (Phi) is 6.83. The molecule has 150 valence electrons. The van der Waals surface area contributed by atoms with E-state index in [0.717, 1.165) is 17.8 Å². The summed E-state index contributed by atoms with van der Waals surface area (Å²) in [6, 6.07) is 10.1. The molecule has 2 heteroatoms. The Morgan fingerprint density at radius 1 is 0.852 bits per heavy atom. The highest BCUT2D eigenvalue weighted by atomic mass is 16.3. The highest BCUT2D eigenvalue weighted by Crippen LogP contribution is 2.65. The molecule has 27 heavy (non-hydrogen) atoms. The van der Waals surface area contributed by atoms with Crippen LogP contribution < -0.4 is 0 Å². The molecular weight excluding hydrogens is 332 g/mol. The first kappa shape index (κ1) is 21.6. The summed E-state index contributed by atoms with van der Waals surface area (Å²) in [5.74, 6) is 4.96. The topological polar surface area (TPSA) is 40.5 Å². The third kappa shape index (κ3) is 3.95. The molecule has 3 saturated carbocycles. The number of hydrogen-bond donors (Lipinski definition) is 2. The van der Waals surface area contributed by atoms with Crippen LogP contribution in [0.4, 0.5) is 0 Å². The number of fused-ring (bicyclic) bond motifs is 6. The molecule has 2 aromatic rings. The molecule has 5 rings (SSSR count). The van der Waals surface area contributed by atoms with Crippen LogP contribution in [0.15, 0.2) is 36.4 Å². The largest absolute Gasteiger partial charge is 0.507 e. The van der Waals surface area contributed by atoms with E-state index in [9.17, 15) is 10.2 Å². The van der Waals surface area contributed by atoms with E-state index in [1.807, 2.05) is 13.8 Å². The first-order chi connectivity index (χ1) is 12.5. The van der Waals surface area contributed by atoms with Crippen LogP contribution in [-0.2, 0) is 0 Å². The number of aromatic hydroxyl groups is 2. The minimum absolute atomic E-state index is 0. The summed E-state index contributed by atoms with van der Waals surface area (Å²) < 4.78 is 0. The molecule has 0 aliphatic heterocycles. The second kappa shape index (κ2) is 8.54. The van der Waals surface area contributed by atoms with Gasteiger partial charge in [0.15, 0.2) is 0 Å². The fourth-order valence-corrected chi connectivity index (χ4v) is 6.02. The molecule has 0 spiro atoms. The van der Waals surface area contributed by atoms with Gasteiger partial charge >= 0.3 is 0 Å².